The zero-order valence-corrected chi connectivity index (χ0v) is 12.3. The number of benzene rings is 1. The minimum Gasteiger partial charge on any atom is -0.364 e. The smallest absolute Gasteiger partial charge is 0.224 e. The Morgan fingerprint density at radius 3 is 2.75 bits per heavy atom. The number of nitrogens with one attached hydrogen (secondary N) is 2. The lowest BCUT2D eigenvalue weighted by Gasteiger charge is -2.10. The second-order valence-electron chi connectivity index (χ2n) is 4.54. The number of aryl methyl sites for hydroxylation is 1. The third-order valence-corrected chi connectivity index (χ3v) is 4.23. The van der Waals surface area contributed by atoms with Gasteiger partial charge < -0.3 is 10.6 Å². The largest absolute Gasteiger partial charge is 0.364 e. The van der Waals surface area contributed by atoms with Crippen molar-refractivity contribution < 1.29 is 0 Å². The van der Waals surface area contributed by atoms with Gasteiger partial charge in [-0.2, -0.15) is 4.98 Å². The molecule has 0 unspecified atom stereocenters. The zero-order valence-electron chi connectivity index (χ0n) is 11.5. The van der Waals surface area contributed by atoms with Crippen LogP contribution >= 0.6 is 11.3 Å². The predicted octanol–water partition coefficient (Wildman–Crippen LogP) is 3.65. The Morgan fingerprint density at radius 2 is 2.00 bits per heavy atom. The van der Waals surface area contributed by atoms with Crippen LogP contribution in [0.15, 0.2) is 35.7 Å². The molecular formula is C15H16N4S. The monoisotopic (exact) mass is 284 g/mol. The molecule has 0 saturated carbocycles. The first-order chi connectivity index (χ1) is 9.78. The second-order valence-corrected chi connectivity index (χ2v) is 5.54. The van der Waals surface area contributed by atoms with Gasteiger partial charge in [0.05, 0.1) is 12.1 Å². The van der Waals surface area contributed by atoms with Crippen LogP contribution in [0.5, 0.6) is 0 Å². The lowest BCUT2D eigenvalue weighted by molar-refractivity contribution is 1.11. The summed E-state index contributed by atoms with van der Waals surface area (Å²) in [6.07, 6.45) is 0. The Morgan fingerprint density at radius 1 is 1.15 bits per heavy atom. The first-order valence-electron chi connectivity index (χ1n) is 6.49. The summed E-state index contributed by atoms with van der Waals surface area (Å²) in [5.74, 6) is 1.50. The summed E-state index contributed by atoms with van der Waals surface area (Å²) >= 11 is 1.76. The lowest BCUT2D eigenvalue weighted by atomic mass is 10.2. The number of aromatic nitrogens is 2. The topological polar surface area (TPSA) is 49.8 Å². The molecule has 20 heavy (non-hydrogen) atoms. The molecule has 0 fully saturated rings. The number of hydrogen-bond donors (Lipinski definition) is 2. The second kappa shape index (κ2) is 5.46. The molecule has 0 saturated heterocycles. The van der Waals surface area contributed by atoms with Crippen LogP contribution in [0.1, 0.15) is 10.4 Å². The van der Waals surface area contributed by atoms with Crippen LogP contribution in [0.2, 0.25) is 0 Å². The van der Waals surface area contributed by atoms with Crippen molar-refractivity contribution in [3.8, 4) is 0 Å². The highest BCUT2D eigenvalue weighted by Gasteiger charge is 2.07. The molecule has 0 atom stereocenters. The number of rotatable bonds is 4. The van der Waals surface area contributed by atoms with E-state index in [9.17, 15) is 0 Å². The van der Waals surface area contributed by atoms with Gasteiger partial charge in [0, 0.05) is 17.3 Å². The Labute approximate surface area is 121 Å². The van der Waals surface area contributed by atoms with E-state index in [2.05, 4.69) is 39.0 Å². The molecular weight excluding hydrogens is 268 g/mol. The van der Waals surface area contributed by atoms with Crippen molar-refractivity contribution in [3.63, 3.8) is 0 Å². The SMILES string of the molecule is CNc1nc(NCc2sccc2C)c2ccccc2n1. The van der Waals surface area contributed by atoms with E-state index in [1.807, 2.05) is 31.3 Å². The maximum atomic E-state index is 4.52. The normalized spacial score (nSPS) is 10.7. The van der Waals surface area contributed by atoms with E-state index in [1.54, 1.807) is 11.3 Å². The average molecular weight is 284 g/mol. The van der Waals surface area contributed by atoms with Gasteiger partial charge in [0.1, 0.15) is 5.82 Å². The fourth-order valence-corrected chi connectivity index (χ4v) is 2.92. The van der Waals surface area contributed by atoms with Crippen LogP contribution in [0, 0.1) is 6.92 Å². The number of fused-ring (bicyclic) bond motifs is 1. The molecule has 2 N–H and O–H groups in total. The molecule has 0 spiro atoms. The third-order valence-electron chi connectivity index (χ3n) is 3.21. The van der Waals surface area contributed by atoms with Gasteiger partial charge in [-0.1, -0.05) is 12.1 Å². The van der Waals surface area contributed by atoms with Crippen LogP contribution in [0.25, 0.3) is 10.9 Å². The third kappa shape index (κ3) is 2.44. The van der Waals surface area contributed by atoms with Gasteiger partial charge in [-0.25, -0.2) is 4.98 Å². The van der Waals surface area contributed by atoms with E-state index < -0.39 is 0 Å². The fourth-order valence-electron chi connectivity index (χ4n) is 2.07. The highest BCUT2D eigenvalue weighted by molar-refractivity contribution is 7.10. The summed E-state index contributed by atoms with van der Waals surface area (Å²) in [5, 5.41) is 9.59. The van der Waals surface area contributed by atoms with Crippen molar-refractivity contribution in [1.82, 2.24) is 9.97 Å². The first kappa shape index (κ1) is 12.9. The Balaban J connectivity index is 1.95. The molecule has 0 radical (unpaired) electrons. The first-order valence-corrected chi connectivity index (χ1v) is 7.37. The summed E-state index contributed by atoms with van der Waals surface area (Å²) in [4.78, 5) is 10.3. The molecule has 5 heteroatoms. The Kier molecular flexibility index (Phi) is 3.52. The number of thiophene rings is 1. The van der Waals surface area contributed by atoms with Crippen molar-refractivity contribution in [1.29, 1.82) is 0 Å². The maximum absolute atomic E-state index is 4.52. The molecule has 1 aromatic carbocycles. The molecule has 2 aromatic heterocycles. The van der Waals surface area contributed by atoms with Crippen molar-refractivity contribution >= 4 is 34.0 Å². The van der Waals surface area contributed by atoms with Gasteiger partial charge in [-0.05, 0) is 36.1 Å². The van der Waals surface area contributed by atoms with Crippen molar-refractivity contribution in [2.24, 2.45) is 0 Å². The van der Waals surface area contributed by atoms with Crippen LogP contribution in [0.3, 0.4) is 0 Å². The van der Waals surface area contributed by atoms with E-state index in [4.69, 9.17) is 0 Å². The van der Waals surface area contributed by atoms with Gasteiger partial charge in [0.25, 0.3) is 0 Å². The Hall–Kier alpha value is -2.14. The number of anilines is 2. The molecule has 3 aromatic rings. The number of nitrogens with zero attached hydrogens (tertiary/aromatic N) is 2. The van der Waals surface area contributed by atoms with Crippen molar-refractivity contribution in [2.75, 3.05) is 17.7 Å². The summed E-state index contributed by atoms with van der Waals surface area (Å²) in [7, 11) is 1.83. The minimum absolute atomic E-state index is 0.633. The summed E-state index contributed by atoms with van der Waals surface area (Å²) in [6, 6.07) is 10.2. The lowest BCUT2D eigenvalue weighted by Crippen LogP contribution is -2.05. The molecule has 0 aliphatic rings. The molecule has 3 rings (SSSR count). The molecule has 0 aliphatic carbocycles. The molecule has 102 valence electrons. The van der Waals surface area contributed by atoms with E-state index in [-0.39, 0.29) is 0 Å². The summed E-state index contributed by atoms with van der Waals surface area (Å²) in [6.45, 7) is 2.91. The van der Waals surface area contributed by atoms with E-state index in [0.717, 1.165) is 23.3 Å². The van der Waals surface area contributed by atoms with Crippen molar-refractivity contribution in [2.45, 2.75) is 13.5 Å². The van der Waals surface area contributed by atoms with Gasteiger partial charge in [-0.3, -0.25) is 0 Å². The van der Waals surface area contributed by atoms with E-state index >= 15 is 0 Å². The predicted molar refractivity (Wildman–Crippen MR) is 85.5 cm³/mol. The minimum atomic E-state index is 0.633. The van der Waals surface area contributed by atoms with Crippen LogP contribution in [-0.2, 0) is 6.54 Å². The quantitative estimate of drug-likeness (QED) is 0.767. The van der Waals surface area contributed by atoms with Crippen LogP contribution in [-0.4, -0.2) is 17.0 Å². The van der Waals surface area contributed by atoms with E-state index in [0.29, 0.717) is 5.95 Å². The molecule has 2 heterocycles. The standard InChI is InChI=1S/C15H16N4S/c1-10-7-8-20-13(10)9-17-14-11-5-3-4-6-12(11)18-15(16-2)19-14/h3-8H,9H2,1-2H3,(H2,16,17,18,19). The van der Waals surface area contributed by atoms with E-state index in [1.165, 1.54) is 10.4 Å². The van der Waals surface area contributed by atoms with Gasteiger partial charge in [0.15, 0.2) is 0 Å². The zero-order chi connectivity index (χ0) is 13.9. The van der Waals surface area contributed by atoms with Crippen molar-refractivity contribution in [3.05, 3.63) is 46.2 Å². The number of para-hydroxylation sites is 1. The Bertz CT molecular complexity index is 736. The number of hydrogen-bond acceptors (Lipinski definition) is 5. The van der Waals surface area contributed by atoms with Crippen LogP contribution in [0.4, 0.5) is 11.8 Å². The summed E-state index contributed by atoms with van der Waals surface area (Å²) in [5.41, 5.74) is 2.26. The summed E-state index contributed by atoms with van der Waals surface area (Å²) < 4.78 is 0. The highest BCUT2D eigenvalue weighted by Crippen LogP contribution is 2.23. The molecule has 4 nitrogen and oxygen atoms in total. The van der Waals surface area contributed by atoms with Crippen LogP contribution < -0.4 is 10.6 Å². The highest BCUT2D eigenvalue weighted by atomic mass is 32.1. The average Bonchev–Trinajstić information content (AvgIpc) is 2.89. The molecule has 0 amide bonds. The fraction of sp³-hybridized carbons (Fsp3) is 0.200. The molecule has 0 bridgehead atoms. The van der Waals surface area contributed by atoms with Gasteiger partial charge in [0.2, 0.25) is 5.95 Å². The van der Waals surface area contributed by atoms with Gasteiger partial charge in [-0.15, -0.1) is 11.3 Å². The maximum Gasteiger partial charge on any atom is 0.224 e. The van der Waals surface area contributed by atoms with Gasteiger partial charge >= 0.3 is 0 Å². The molecule has 0 aliphatic heterocycles.